The zero-order chi connectivity index (χ0) is 35.5. The molecule has 269 valence electrons. The van der Waals surface area contributed by atoms with Crippen molar-refractivity contribution < 1.29 is 24.5 Å². The molecule has 51 heavy (non-hydrogen) atoms. The van der Waals surface area contributed by atoms with E-state index >= 15 is 0 Å². The molecule has 6 aromatic rings. The number of aromatic nitrogens is 3. The summed E-state index contributed by atoms with van der Waals surface area (Å²) in [6.45, 7) is 18.4. The van der Waals surface area contributed by atoms with E-state index in [9.17, 15) is 0 Å². The smallest absolute Gasteiger partial charge is 0.216 e. The molecular formula is C45H53IrN3OSi-2. The Morgan fingerprint density at radius 1 is 0.882 bits per heavy atom. The molecule has 2 aromatic carbocycles. The van der Waals surface area contributed by atoms with Gasteiger partial charge in [0.25, 0.3) is 0 Å². The number of hydrogen-bond donors (Lipinski definition) is 0. The molecule has 1 aliphatic rings. The fourth-order valence-corrected chi connectivity index (χ4v) is 8.87. The average molecular weight is 872 g/mol. The van der Waals surface area contributed by atoms with Crippen LogP contribution in [0.1, 0.15) is 77.1 Å². The number of pyridine rings is 3. The Morgan fingerprint density at radius 2 is 1.67 bits per heavy atom. The molecule has 1 fully saturated rings. The molecule has 1 saturated carbocycles. The van der Waals surface area contributed by atoms with Crippen LogP contribution < -0.4 is 5.19 Å². The molecule has 1 aliphatic carbocycles. The van der Waals surface area contributed by atoms with E-state index in [0.29, 0.717) is 11.6 Å². The van der Waals surface area contributed by atoms with Crippen molar-refractivity contribution in [1.82, 2.24) is 15.0 Å². The second-order valence-corrected chi connectivity index (χ2v) is 21.9. The topological polar surface area (TPSA) is 51.8 Å². The molecule has 4 heterocycles. The summed E-state index contributed by atoms with van der Waals surface area (Å²) in [5, 5.41) is 3.65. The van der Waals surface area contributed by atoms with Crippen molar-refractivity contribution in [1.29, 1.82) is 0 Å². The van der Waals surface area contributed by atoms with E-state index in [4.69, 9.17) is 14.4 Å². The van der Waals surface area contributed by atoms with Gasteiger partial charge in [-0.1, -0.05) is 114 Å². The van der Waals surface area contributed by atoms with E-state index in [0.717, 1.165) is 63.3 Å². The van der Waals surface area contributed by atoms with Crippen molar-refractivity contribution in [2.45, 2.75) is 99.2 Å². The Kier molecular flexibility index (Phi) is 12.5. The van der Waals surface area contributed by atoms with Crippen LogP contribution >= 0.6 is 0 Å². The Bertz CT molecular complexity index is 2050. The van der Waals surface area contributed by atoms with Crippen molar-refractivity contribution in [3.8, 4) is 22.5 Å². The van der Waals surface area contributed by atoms with Crippen LogP contribution in [-0.4, -0.2) is 23.0 Å². The fraction of sp³-hybridized carbons (Fsp3) is 0.400. The number of furan rings is 1. The number of fused-ring (bicyclic) bond motifs is 3. The molecule has 0 saturated heterocycles. The maximum atomic E-state index is 6.22. The van der Waals surface area contributed by atoms with Gasteiger partial charge in [0.2, 0.25) is 5.71 Å². The fourth-order valence-electron chi connectivity index (χ4n) is 7.28. The predicted octanol–water partition coefficient (Wildman–Crippen LogP) is 11.5. The minimum absolute atomic E-state index is 0. The summed E-state index contributed by atoms with van der Waals surface area (Å²) >= 11 is 0. The van der Waals surface area contributed by atoms with E-state index in [2.05, 4.69) is 120 Å². The summed E-state index contributed by atoms with van der Waals surface area (Å²) in [6, 6.07) is 29.6. The maximum absolute atomic E-state index is 6.22. The van der Waals surface area contributed by atoms with Crippen LogP contribution in [0.5, 0.6) is 0 Å². The molecule has 0 spiro atoms. The van der Waals surface area contributed by atoms with Crippen molar-refractivity contribution in [2.75, 3.05) is 0 Å². The normalized spacial score (nSPS) is 13.7. The second kappa shape index (κ2) is 16.5. The van der Waals surface area contributed by atoms with Crippen molar-refractivity contribution >= 4 is 35.3 Å². The molecule has 1 radical (unpaired) electrons. The molecule has 4 aromatic heterocycles. The first-order chi connectivity index (χ1) is 23.8. The minimum Gasteiger partial charge on any atom is -0.486 e. The van der Waals surface area contributed by atoms with Crippen LogP contribution in [0.15, 0.2) is 83.5 Å². The van der Waals surface area contributed by atoms with Gasteiger partial charge in [-0.2, -0.15) is 0 Å². The first-order valence-electron chi connectivity index (χ1n) is 18.5. The summed E-state index contributed by atoms with van der Waals surface area (Å²) in [7, 11) is -1.35. The van der Waals surface area contributed by atoms with Crippen LogP contribution in [-0.2, 0) is 39.4 Å². The van der Waals surface area contributed by atoms with E-state index in [1.54, 1.807) is 10.8 Å². The molecule has 0 unspecified atom stereocenters. The zero-order valence-electron chi connectivity index (χ0n) is 31.7. The van der Waals surface area contributed by atoms with Crippen LogP contribution in [0, 0.1) is 29.4 Å². The molecule has 0 N–H and O–H groups in total. The molecule has 0 amide bonds. The Balaban J connectivity index is 0.000000199. The van der Waals surface area contributed by atoms with Crippen LogP contribution in [0.25, 0.3) is 44.6 Å². The molecule has 6 heteroatoms. The standard InChI is InChI=1S/C25H27N2O.C20H26NSi.Ir/c1-16(2)13-18-9-10-20-19-7-6-8-21(23(19)28-24(20)27-18)22-14-17(11-12-26-22)15-25(3,4)5;1-22(2,3)20-15-21-19(17-11-5-4-6-12-17)14-18(20)13-16-9-7-8-10-16;/h6-7,9-12,14,16H,13,15H2,1-5H3;4-6,11,14-16H,7-10,13H2,1-3H3;/q2*-1;. The first kappa shape index (κ1) is 38.8. The third-order valence-corrected chi connectivity index (χ3v) is 11.6. The molecule has 0 atom stereocenters. The van der Waals surface area contributed by atoms with Gasteiger partial charge in [0.05, 0.1) is 13.7 Å². The summed E-state index contributed by atoms with van der Waals surface area (Å²) in [4.78, 5) is 14.1. The van der Waals surface area contributed by atoms with Gasteiger partial charge < -0.3 is 14.4 Å². The van der Waals surface area contributed by atoms with Crippen molar-refractivity contribution in [3.63, 3.8) is 0 Å². The third kappa shape index (κ3) is 9.91. The van der Waals surface area contributed by atoms with Gasteiger partial charge in [-0.25, -0.2) is 4.98 Å². The minimum atomic E-state index is -1.35. The van der Waals surface area contributed by atoms with Gasteiger partial charge >= 0.3 is 0 Å². The largest absolute Gasteiger partial charge is 0.486 e. The summed E-state index contributed by atoms with van der Waals surface area (Å²) in [5.41, 5.74) is 9.61. The molecule has 4 nitrogen and oxygen atoms in total. The quantitative estimate of drug-likeness (QED) is 0.113. The van der Waals surface area contributed by atoms with Crippen molar-refractivity contribution in [2.24, 2.45) is 17.3 Å². The van der Waals surface area contributed by atoms with Gasteiger partial charge in [0.15, 0.2) is 0 Å². The Hall–Kier alpha value is -3.44. The second-order valence-electron chi connectivity index (χ2n) is 16.8. The number of nitrogens with zero attached hydrogens (tertiary/aromatic N) is 3. The first-order valence-corrected chi connectivity index (χ1v) is 22.0. The number of rotatable bonds is 8. The van der Waals surface area contributed by atoms with E-state index in [-0.39, 0.29) is 25.5 Å². The molecule has 0 bridgehead atoms. The number of benzene rings is 2. The van der Waals surface area contributed by atoms with Gasteiger partial charge in [-0.05, 0) is 71.3 Å². The van der Waals surface area contributed by atoms with Crippen molar-refractivity contribution in [3.05, 3.63) is 108 Å². The molecule has 0 aliphatic heterocycles. The van der Waals surface area contributed by atoms with Gasteiger partial charge in [0, 0.05) is 43.6 Å². The predicted molar refractivity (Wildman–Crippen MR) is 212 cm³/mol. The van der Waals surface area contributed by atoms with Crippen LogP contribution in [0.3, 0.4) is 0 Å². The van der Waals surface area contributed by atoms with Crippen LogP contribution in [0.2, 0.25) is 19.6 Å². The molecular weight excluding hydrogens is 819 g/mol. The Labute approximate surface area is 320 Å². The summed E-state index contributed by atoms with van der Waals surface area (Å²) in [6.07, 6.45) is 12.9. The third-order valence-electron chi connectivity index (χ3n) is 9.55. The van der Waals surface area contributed by atoms with Gasteiger partial charge in [0.1, 0.15) is 0 Å². The monoisotopic (exact) mass is 872 g/mol. The number of hydrogen-bond acceptors (Lipinski definition) is 4. The SMILES string of the molecule is CC(C)Cc1ccc2c(n1)oc1c(-c3cc(CC(C)(C)C)ccn3)[c-]ccc12.C[Si](C)(C)c1cnc(-c2[c-]cccc2)cc1CC1CCCC1.[Ir]. The van der Waals surface area contributed by atoms with Gasteiger partial charge in [-0.3, -0.25) is 0 Å². The van der Waals surface area contributed by atoms with E-state index < -0.39 is 8.07 Å². The summed E-state index contributed by atoms with van der Waals surface area (Å²) in [5.74, 6) is 1.44. The average Bonchev–Trinajstić information content (AvgIpc) is 3.71. The Morgan fingerprint density at radius 3 is 2.35 bits per heavy atom. The summed E-state index contributed by atoms with van der Waals surface area (Å²) < 4.78 is 6.22. The van der Waals surface area contributed by atoms with E-state index in [1.165, 1.54) is 37.7 Å². The van der Waals surface area contributed by atoms with Gasteiger partial charge in [-0.15, -0.1) is 54.1 Å². The zero-order valence-corrected chi connectivity index (χ0v) is 35.1. The molecule has 7 rings (SSSR count). The maximum Gasteiger partial charge on any atom is 0.216 e. The van der Waals surface area contributed by atoms with E-state index in [1.807, 2.05) is 30.5 Å². The van der Waals surface area contributed by atoms with Crippen LogP contribution in [0.4, 0.5) is 0 Å².